The molecule has 0 aliphatic heterocycles. The van der Waals surface area contributed by atoms with E-state index in [2.05, 4.69) is 21.2 Å². The van der Waals surface area contributed by atoms with Crippen LogP contribution < -0.4 is 10.1 Å². The number of carbonyl (C=O) groups is 2. The highest BCUT2D eigenvalue weighted by Crippen LogP contribution is 2.21. The van der Waals surface area contributed by atoms with Crippen LogP contribution in [0.25, 0.3) is 0 Å². The Balaban J connectivity index is 1.95. The first-order valence-corrected chi connectivity index (χ1v) is 12.9. The van der Waals surface area contributed by atoms with Gasteiger partial charge in [0, 0.05) is 23.0 Å². The van der Waals surface area contributed by atoms with Gasteiger partial charge in [0.25, 0.3) is 5.91 Å². The summed E-state index contributed by atoms with van der Waals surface area (Å²) in [5, 5.41) is 3.08. The SMILES string of the molecule is Cc1ccc(C)c(OCC(=O)N(Cc2cccc(Br)c2)C(Cc2ccccc2)C(=O)NC(C)(C)C)c1. The van der Waals surface area contributed by atoms with E-state index in [1.807, 2.05) is 107 Å². The molecule has 0 spiro atoms. The minimum atomic E-state index is -0.708. The van der Waals surface area contributed by atoms with Crippen LogP contribution in [-0.4, -0.2) is 34.9 Å². The molecule has 2 amide bonds. The topological polar surface area (TPSA) is 58.6 Å². The number of nitrogens with zero attached hydrogens (tertiary/aromatic N) is 1. The molecule has 190 valence electrons. The van der Waals surface area contributed by atoms with E-state index in [4.69, 9.17) is 4.74 Å². The maximum absolute atomic E-state index is 13.7. The summed E-state index contributed by atoms with van der Waals surface area (Å²) in [5.74, 6) is 0.229. The number of aryl methyl sites for hydroxylation is 2. The normalized spacial score (nSPS) is 12.1. The highest BCUT2D eigenvalue weighted by molar-refractivity contribution is 9.10. The lowest BCUT2D eigenvalue weighted by atomic mass is 10.0. The molecule has 0 radical (unpaired) electrons. The second-order valence-corrected chi connectivity index (χ2v) is 11.1. The van der Waals surface area contributed by atoms with Crippen molar-refractivity contribution in [3.8, 4) is 5.75 Å². The van der Waals surface area contributed by atoms with Crippen LogP contribution in [0, 0.1) is 13.8 Å². The highest BCUT2D eigenvalue weighted by Gasteiger charge is 2.32. The molecule has 0 aliphatic carbocycles. The smallest absolute Gasteiger partial charge is 0.261 e. The molecule has 3 rings (SSSR count). The molecule has 1 N–H and O–H groups in total. The first-order chi connectivity index (χ1) is 17.0. The van der Waals surface area contributed by atoms with Crippen LogP contribution in [0.4, 0.5) is 0 Å². The molecule has 0 aromatic heterocycles. The van der Waals surface area contributed by atoms with Gasteiger partial charge in [0.05, 0.1) is 0 Å². The Labute approximate surface area is 223 Å². The van der Waals surface area contributed by atoms with Crippen LogP contribution in [0.2, 0.25) is 0 Å². The molecule has 1 atom stereocenters. The monoisotopic (exact) mass is 550 g/mol. The molecular formula is C30H35BrN2O3. The van der Waals surface area contributed by atoms with Crippen LogP contribution in [0.3, 0.4) is 0 Å². The van der Waals surface area contributed by atoms with Gasteiger partial charge in [0.15, 0.2) is 6.61 Å². The van der Waals surface area contributed by atoms with E-state index < -0.39 is 11.6 Å². The summed E-state index contributed by atoms with van der Waals surface area (Å²) >= 11 is 3.52. The molecule has 5 nitrogen and oxygen atoms in total. The predicted octanol–water partition coefficient (Wildman–Crippen LogP) is 6.00. The fraction of sp³-hybridized carbons (Fsp3) is 0.333. The van der Waals surface area contributed by atoms with Crippen LogP contribution >= 0.6 is 15.9 Å². The van der Waals surface area contributed by atoms with E-state index in [0.717, 1.165) is 26.7 Å². The van der Waals surface area contributed by atoms with Crippen molar-refractivity contribution in [2.45, 2.75) is 59.2 Å². The maximum atomic E-state index is 13.7. The second kappa shape index (κ2) is 12.2. The quantitative estimate of drug-likeness (QED) is 0.355. The fourth-order valence-corrected chi connectivity index (χ4v) is 4.37. The number of amides is 2. The molecule has 0 saturated carbocycles. The molecule has 6 heteroatoms. The van der Waals surface area contributed by atoms with Gasteiger partial charge >= 0.3 is 0 Å². The summed E-state index contributed by atoms with van der Waals surface area (Å²) in [7, 11) is 0. The summed E-state index contributed by atoms with van der Waals surface area (Å²) in [6, 6.07) is 22.8. The molecule has 3 aromatic carbocycles. The molecule has 3 aromatic rings. The van der Waals surface area contributed by atoms with Crippen molar-refractivity contribution in [1.29, 1.82) is 0 Å². The molecule has 0 bridgehead atoms. The van der Waals surface area contributed by atoms with Crippen molar-refractivity contribution < 1.29 is 14.3 Å². The van der Waals surface area contributed by atoms with Crippen LogP contribution in [0.15, 0.2) is 77.3 Å². The third-order valence-corrected chi connectivity index (χ3v) is 6.20. The molecular weight excluding hydrogens is 516 g/mol. The fourth-order valence-electron chi connectivity index (χ4n) is 3.92. The van der Waals surface area contributed by atoms with Crippen LogP contribution in [0.1, 0.15) is 43.0 Å². The molecule has 0 saturated heterocycles. The number of hydrogen-bond donors (Lipinski definition) is 1. The number of halogens is 1. The van der Waals surface area contributed by atoms with E-state index >= 15 is 0 Å². The zero-order valence-electron chi connectivity index (χ0n) is 21.7. The van der Waals surface area contributed by atoms with Crippen molar-refractivity contribution in [3.63, 3.8) is 0 Å². The number of benzene rings is 3. The van der Waals surface area contributed by atoms with Gasteiger partial charge in [-0.05, 0) is 75.1 Å². The van der Waals surface area contributed by atoms with Crippen molar-refractivity contribution in [3.05, 3.63) is 99.5 Å². The Hall–Kier alpha value is -3.12. The summed E-state index contributed by atoms with van der Waals surface area (Å²) in [5.41, 5.74) is 3.48. The number of nitrogens with one attached hydrogen (secondary N) is 1. The maximum Gasteiger partial charge on any atom is 0.261 e. The van der Waals surface area contributed by atoms with Gasteiger partial charge in [-0.25, -0.2) is 0 Å². The standard InChI is InChI=1S/C30H35BrN2O3/c1-21-14-15-22(2)27(16-21)36-20-28(34)33(19-24-12-9-13-25(31)17-24)26(29(35)32-30(3,4)5)18-23-10-7-6-8-11-23/h6-17,26H,18-20H2,1-5H3,(H,32,35). The average Bonchev–Trinajstić information content (AvgIpc) is 2.81. The molecule has 0 fully saturated rings. The summed E-state index contributed by atoms with van der Waals surface area (Å²) in [6.07, 6.45) is 0.395. The number of carbonyl (C=O) groups excluding carboxylic acids is 2. The third kappa shape index (κ3) is 8.23. The van der Waals surface area contributed by atoms with E-state index in [1.54, 1.807) is 4.90 Å². The molecule has 0 heterocycles. The zero-order valence-corrected chi connectivity index (χ0v) is 23.3. The van der Waals surface area contributed by atoms with E-state index in [1.165, 1.54) is 0 Å². The number of hydrogen-bond acceptors (Lipinski definition) is 3. The minimum Gasteiger partial charge on any atom is -0.483 e. The van der Waals surface area contributed by atoms with Gasteiger partial charge in [-0.15, -0.1) is 0 Å². The van der Waals surface area contributed by atoms with E-state index in [9.17, 15) is 9.59 Å². The van der Waals surface area contributed by atoms with Gasteiger partial charge in [-0.3, -0.25) is 9.59 Å². The van der Waals surface area contributed by atoms with Gasteiger partial charge in [-0.1, -0.05) is 70.5 Å². The second-order valence-electron chi connectivity index (χ2n) is 10.2. The molecule has 0 aliphatic rings. The first-order valence-electron chi connectivity index (χ1n) is 12.1. The van der Waals surface area contributed by atoms with Crippen LogP contribution in [-0.2, 0) is 22.6 Å². The van der Waals surface area contributed by atoms with E-state index in [0.29, 0.717) is 12.2 Å². The van der Waals surface area contributed by atoms with Crippen molar-refractivity contribution in [1.82, 2.24) is 10.2 Å². The summed E-state index contributed by atoms with van der Waals surface area (Å²) < 4.78 is 6.89. The Morgan fingerprint density at radius 3 is 2.31 bits per heavy atom. The molecule has 1 unspecified atom stereocenters. The van der Waals surface area contributed by atoms with Gasteiger partial charge in [-0.2, -0.15) is 0 Å². The third-order valence-electron chi connectivity index (χ3n) is 5.71. The lowest BCUT2D eigenvalue weighted by Gasteiger charge is -2.34. The van der Waals surface area contributed by atoms with Crippen molar-refractivity contribution in [2.75, 3.05) is 6.61 Å². The zero-order chi connectivity index (χ0) is 26.3. The largest absolute Gasteiger partial charge is 0.483 e. The number of rotatable bonds is 9. The highest BCUT2D eigenvalue weighted by atomic mass is 79.9. The predicted molar refractivity (Wildman–Crippen MR) is 148 cm³/mol. The minimum absolute atomic E-state index is 0.160. The van der Waals surface area contributed by atoms with E-state index in [-0.39, 0.29) is 25.0 Å². The summed E-state index contributed by atoms with van der Waals surface area (Å²) in [6.45, 7) is 9.88. The lowest BCUT2D eigenvalue weighted by molar-refractivity contribution is -0.143. The Morgan fingerprint density at radius 2 is 1.64 bits per heavy atom. The molecule has 36 heavy (non-hydrogen) atoms. The Bertz CT molecular complexity index is 1190. The van der Waals surface area contributed by atoms with Crippen molar-refractivity contribution in [2.24, 2.45) is 0 Å². The lowest BCUT2D eigenvalue weighted by Crippen LogP contribution is -2.55. The number of ether oxygens (including phenoxy) is 1. The van der Waals surface area contributed by atoms with Gasteiger partial charge in [0.2, 0.25) is 5.91 Å². The van der Waals surface area contributed by atoms with Gasteiger partial charge in [0.1, 0.15) is 11.8 Å². The Kier molecular flexibility index (Phi) is 9.32. The van der Waals surface area contributed by atoms with Crippen LogP contribution in [0.5, 0.6) is 5.75 Å². The average molecular weight is 552 g/mol. The Morgan fingerprint density at radius 1 is 0.944 bits per heavy atom. The first kappa shape index (κ1) is 27.5. The van der Waals surface area contributed by atoms with Crippen molar-refractivity contribution >= 4 is 27.7 Å². The van der Waals surface area contributed by atoms with Gasteiger partial charge < -0.3 is 15.0 Å². The summed E-state index contributed by atoms with van der Waals surface area (Å²) in [4.78, 5) is 28.9.